The molecule has 0 aliphatic rings. The Kier molecular flexibility index (Phi) is 8.79. The number of aromatic nitrogens is 4. The van der Waals surface area contributed by atoms with Crippen LogP contribution < -0.4 is 14.2 Å². The number of ether oxygens (including phenoxy) is 3. The van der Waals surface area contributed by atoms with Crippen LogP contribution >= 0.6 is 0 Å². The highest BCUT2D eigenvalue weighted by atomic mass is 16.5. The number of hydrogen-bond donors (Lipinski definition) is 0. The average molecular weight is 705 g/mol. The van der Waals surface area contributed by atoms with E-state index >= 15 is 0 Å². The van der Waals surface area contributed by atoms with Gasteiger partial charge in [-0.15, -0.1) is 0 Å². The summed E-state index contributed by atoms with van der Waals surface area (Å²) in [5.41, 5.74) is 7.78. The molecule has 9 aromatic rings. The summed E-state index contributed by atoms with van der Waals surface area (Å²) in [6, 6.07) is 56.7. The molecule has 0 saturated carbocycles. The zero-order chi connectivity index (χ0) is 36.3. The van der Waals surface area contributed by atoms with Crippen molar-refractivity contribution < 1.29 is 14.2 Å². The Hall–Kier alpha value is -7.12. The fourth-order valence-electron chi connectivity index (χ4n) is 6.94. The zero-order valence-corrected chi connectivity index (χ0v) is 29.7. The molecule has 9 rings (SSSR count). The van der Waals surface area contributed by atoms with Gasteiger partial charge in [0.2, 0.25) is 0 Å². The first kappa shape index (κ1) is 32.8. The molecule has 0 bridgehead atoms. The molecule has 0 radical (unpaired) electrons. The molecule has 0 spiro atoms. The molecule has 0 unspecified atom stereocenters. The molecule has 0 amide bonds. The first-order valence-corrected chi connectivity index (χ1v) is 17.9. The normalized spacial score (nSPS) is 11.2. The fourth-order valence-corrected chi connectivity index (χ4v) is 6.94. The fraction of sp³-hybridized carbons (Fsp3) is 0.0638. The molecule has 7 nitrogen and oxygen atoms in total. The lowest BCUT2D eigenvalue weighted by Gasteiger charge is -2.13. The molecule has 3 heterocycles. The van der Waals surface area contributed by atoms with Crippen LogP contribution in [-0.4, -0.2) is 19.3 Å². The summed E-state index contributed by atoms with van der Waals surface area (Å²) in [4.78, 5) is 4.74. The van der Waals surface area contributed by atoms with Crippen LogP contribution in [0.4, 0.5) is 0 Å². The van der Waals surface area contributed by atoms with Crippen molar-refractivity contribution in [3.8, 4) is 45.6 Å². The number of benzene rings is 6. The van der Waals surface area contributed by atoms with Gasteiger partial charge in [-0.25, -0.2) is 9.67 Å². The molecule has 54 heavy (non-hydrogen) atoms. The van der Waals surface area contributed by atoms with Crippen molar-refractivity contribution in [2.45, 2.75) is 20.1 Å². The molecule has 6 aromatic carbocycles. The van der Waals surface area contributed by atoms with Crippen molar-refractivity contribution in [1.29, 1.82) is 0 Å². The van der Waals surface area contributed by atoms with Crippen molar-refractivity contribution in [3.05, 3.63) is 193 Å². The molecule has 262 valence electrons. The number of hydrogen-bond acceptors (Lipinski definition) is 5. The van der Waals surface area contributed by atoms with Gasteiger partial charge in [0, 0.05) is 34.7 Å². The van der Waals surface area contributed by atoms with Crippen molar-refractivity contribution in [3.63, 3.8) is 0 Å². The van der Waals surface area contributed by atoms with Gasteiger partial charge in [0.1, 0.15) is 47.7 Å². The Balaban J connectivity index is 1.12. The zero-order valence-electron chi connectivity index (χ0n) is 29.7. The third kappa shape index (κ3) is 6.55. The first-order valence-electron chi connectivity index (χ1n) is 17.9. The minimum Gasteiger partial charge on any atom is -0.487 e. The largest absolute Gasteiger partial charge is 0.487 e. The molecule has 0 N–H and O–H groups in total. The summed E-state index contributed by atoms with van der Waals surface area (Å²) < 4.78 is 23.5. The van der Waals surface area contributed by atoms with Crippen molar-refractivity contribution in [1.82, 2.24) is 19.3 Å². The number of nitrogens with zero attached hydrogens (tertiary/aromatic N) is 4. The molecular weight excluding hydrogens is 669 g/mol. The van der Waals surface area contributed by atoms with Crippen molar-refractivity contribution in [2.75, 3.05) is 0 Å². The van der Waals surface area contributed by atoms with Gasteiger partial charge in [0.05, 0.1) is 22.4 Å². The SMILES string of the molecule is Cc1ccnc(-n2c3ccccc3c3ccc(Oc4cccc(-n5nc(COc6ccccc6)c(-c6ccccc6)c5COc5ccccc5)c4)cc32)c1. The Morgan fingerprint density at radius 1 is 0.537 bits per heavy atom. The Bertz CT molecular complexity index is 2700. The highest BCUT2D eigenvalue weighted by Gasteiger charge is 2.22. The van der Waals surface area contributed by atoms with Crippen LogP contribution in [0, 0.1) is 6.92 Å². The summed E-state index contributed by atoms with van der Waals surface area (Å²) in [6.45, 7) is 2.65. The average Bonchev–Trinajstić information content (AvgIpc) is 3.76. The summed E-state index contributed by atoms with van der Waals surface area (Å²) in [6.07, 6.45) is 1.86. The van der Waals surface area contributed by atoms with Crippen LogP contribution in [0.1, 0.15) is 17.0 Å². The van der Waals surface area contributed by atoms with Crippen LogP contribution in [0.2, 0.25) is 0 Å². The molecule has 7 heteroatoms. The van der Waals surface area contributed by atoms with Crippen molar-refractivity contribution in [2.24, 2.45) is 0 Å². The van der Waals surface area contributed by atoms with Crippen LogP contribution in [0.5, 0.6) is 23.0 Å². The molecule has 0 aliphatic carbocycles. The molecular formula is C47H36N4O3. The summed E-state index contributed by atoms with van der Waals surface area (Å²) in [7, 11) is 0. The highest BCUT2D eigenvalue weighted by Crippen LogP contribution is 2.36. The number of pyridine rings is 1. The van der Waals surface area contributed by atoms with Gasteiger partial charge in [0.25, 0.3) is 0 Å². The lowest BCUT2D eigenvalue weighted by Crippen LogP contribution is -2.07. The number of fused-ring (bicyclic) bond motifs is 3. The Morgan fingerprint density at radius 3 is 1.94 bits per heavy atom. The standard InChI is InChI=1S/C47H36N4O3/c1-33-26-27-48-46(28-33)50-43-23-12-11-22-40(43)41-25-24-39(30-44(41)50)54-38-21-13-16-35(29-38)51-45(32-53-37-19-9-4-10-20-37)47(34-14-5-2-6-15-34)42(49-51)31-52-36-17-7-3-8-18-36/h2-30H,31-32H2,1H3. The van der Waals surface area contributed by atoms with E-state index in [2.05, 4.69) is 66.1 Å². The molecule has 3 aromatic heterocycles. The van der Waals surface area contributed by atoms with E-state index in [1.165, 1.54) is 0 Å². The maximum absolute atomic E-state index is 6.62. The predicted octanol–water partition coefficient (Wildman–Crippen LogP) is 11.3. The third-order valence-corrected chi connectivity index (χ3v) is 9.43. The maximum Gasteiger partial charge on any atom is 0.137 e. The molecule has 0 atom stereocenters. The van der Waals surface area contributed by atoms with E-state index in [4.69, 9.17) is 24.3 Å². The highest BCUT2D eigenvalue weighted by molar-refractivity contribution is 6.09. The van der Waals surface area contributed by atoms with Gasteiger partial charge in [-0.3, -0.25) is 4.57 Å². The van der Waals surface area contributed by atoms with E-state index < -0.39 is 0 Å². The minimum atomic E-state index is 0.277. The van der Waals surface area contributed by atoms with Crippen LogP contribution in [0.15, 0.2) is 176 Å². The van der Waals surface area contributed by atoms with Crippen molar-refractivity contribution >= 4 is 21.8 Å². The number of para-hydroxylation sites is 3. The lowest BCUT2D eigenvalue weighted by molar-refractivity contribution is 0.297. The van der Waals surface area contributed by atoms with Crippen LogP contribution in [0.25, 0.3) is 44.4 Å². The molecule has 0 aliphatic heterocycles. The van der Waals surface area contributed by atoms with E-state index in [1.807, 2.05) is 126 Å². The Labute approximate surface area is 313 Å². The van der Waals surface area contributed by atoms with E-state index in [0.717, 1.165) is 72.9 Å². The third-order valence-electron chi connectivity index (χ3n) is 9.43. The second-order valence-electron chi connectivity index (χ2n) is 13.1. The maximum atomic E-state index is 6.62. The first-order chi connectivity index (χ1) is 26.7. The summed E-state index contributed by atoms with van der Waals surface area (Å²) in [5.74, 6) is 3.81. The van der Waals surface area contributed by atoms with Crippen LogP contribution in [0.3, 0.4) is 0 Å². The number of rotatable bonds is 11. The van der Waals surface area contributed by atoms with E-state index in [1.54, 1.807) is 0 Å². The van der Waals surface area contributed by atoms with Gasteiger partial charge < -0.3 is 14.2 Å². The quantitative estimate of drug-likeness (QED) is 0.134. The van der Waals surface area contributed by atoms with Gasteiger partial charge in [0.15, 0.2) is 0 Å². The molecule has 0 fully saturated rings. The van der Waals surface area contributed by atoms with Gasteiger partial charge >= 0.3 is 0 Å². The van der Waals surface area contributed by atoms with E-state index in [-0.39, 0.29) is 13.2 Å². The minimum absolute atomic E-state index is 0.277. The van der Waals surface area contributed by atoms with Gasteiger partial charge in [-0.2, -0.15) is 5.10 Å². The second-order valence-corrected chi connectivity index (χ2v) is 13.1. The topological polar surface area (TPSA) is 63.3 Å². The van der Waals surface area contributed by atoms with Gasteiger partial charge in [-0.1, -0.05) is 91.0 Å². The smallest absolute Gasteiger partial charge is 0.137 e. The van der Waals surface area contributed by atoms with E-state index in [9.17, 15) is 0 Å². The predicted molar refractivity (Wildman–Crippen MR) is 214 cm³/mol. The second kappa shape index (κ2) is 14.5. The summed E-state index contributed by atoms with van der Waals surface area (Å²) >= 11 is 0. The van der Waals surface area contributed by atoms with Crippen LogP contribution in [-0.2, 0) is 13.2 Å². The number of aryl methyl sites for hydroxylation is 1. The monoisotopic (exact) mass is 704 g/mol. The Morgan fingerprint density at radius 2 is 1.19 bits per heavy atom. The van der Waals surface area contributed by atoms with Gasteiger partial charge in [-0.05, 0) is 84.8 Å². The lowest BCUT2D eigenvalue weighted by atomic mass is 10.0. The summed E-state index contributed by atoms with van der Waals surface area (Å²) in [5, 5.41) is 7.49. The molecule has 0 saturated heterocycles. The van der Waals surface area contributed by atoms with E-state index in [0.29, 0.717) is 11.5 Å².